The quantitative estimate of drug-likeness (QED) is 0.695. The average molecular weight is 317 g/mol. The Morgan fingerprint density at radius 1 is 1.33 bits per heavy atom. The van der Waals surface area contributed by atoms with Crippen molar-refractivity contribution in [2.45, 2.75) is 40.5 Å². The second-order valence-corrected chi connectivity index (χ2v) is 7.74. The molecule has 21 heavy (non-hydrogen) atoms. The lowest BCUT2D eigenvalue weighted by atomic mass is 9.98. The molecule has 6 heteroatoms. The number of nitrogens with one attached hydrogen (secondary N) is 1. The van der Waals surface area contributed by atoms with Crippen molar-refractivity contribution >= 4 is 10.2 Å². The molecule has 0 saturated carbocycles. The molecule has 1 rings (SSSR count). The Morgan fingerprint density at radius 2 is 2.00 bits per heavy atom. The number of likely N-dealkylation sites (tertiary alicyclic amines) is 1. The minimum absolute atomic E-state index is 0.412. The average Bonchev–Trinajstić information content (AvgIpc) is 2.44. The summed E-state index contributed by atoms with van der Waals surface area (Å²) < 4.78 is 28.5. The molecule has 1 saturated heterocycles. The van der Waals surface area contributed by atoms with Crippen molar-refractivity contribution in [3.63, 3.8) is 0 Å². The second kappa shape index (κ2) is 8.88. The molecule has 5 nitrogen and oxygen atoms in total. The predicted octanol–water partition coefficient (Wildman–Crippen LogP) is 1.84. The number of piperidine rings is 1. The van der Waals surface area contributed by atoms with Crippen molar-refractivity contribution in [1.82, 2.24) is 13.9 Å². The van der Waals surface area contributed by atoms with Gasteiger partial charge in [-0.05, 0) is 39.2 Å². The fraction of sp³-hybridized carbons (Fsp3) is 0.867. The van der Waals surface area contributed by atoms with E-state index in [1.54, 1.807) is 0 Å². The van der Waals surface area contributed by atoms with Gasteiger partial charge in [-0.2, -0.15) is 12.7 Å². The topological polar surface area (TPSA) is 52.7 Å². The molecule has 1 unspecified atom stereocenters. The van der Waals surface area contributed by atoms with Crippen LogP contribution in [0.1, 0.15) is 40.5 Å². The minimum Gasteiger partial charge on any atom is -0.299 e. The van der Waals surface area contributed by atoms with Crippen molar-refractivity contribution in [2.24, 2.45) is 5.92 Å². The van der Waals surface area contributed by atoms with Gasteiger partial charge in [-0.25, -0.2) is 4.72 Å². The first-order chi connectivity index (χ1) is 9.89. The SMILES string of the molecule is CCN(CC)S(=O)(=O)NCC1CCCN(CC=C(C)C)C1. The van der Waals surface area contributed by atoms with Crippen molar-refractivity contribution in [3.8, 4) is 0 Å². The zero-order chi connectivity index (χ0) is 15.9. The van der Waals surface area contributed by atoms with Crippen LogP contribution in [0.3, 0.4) is 0 Å². The van der Waals surface area contributed by atoms with Gasteiger partial charge in [0.25, 0.3) is 10.2 Å². The van der Waals surface area contributed by atoms with Gasteiger partial charge >= 0.3 is 0 Å². The highest BCUT2D eigenvalue weighted by Gasteiger charge is 2.23. The molecular weight excluding hydrogens is 286 g/mol. The van der Waals surface area contributed by atoms with Crippen LogP contribution in [0.2, 0.25) is 0 Å². The molecule has 0 aromatic rings. The monoisotopic (exact) mass is 317 g/mol. The van der Waals surface area contributed by atoms with Gasteiger partial charge in [-0.15, -0.1) is 0 Å². The van der Waals surface area contributed by atoms with E-state index in [4.69, 9.17) is 0 Å². The summed E-state index contributed by atoms with van der Waals surface area (Å²) in [5.41, 5.74) is 1.33. The van der Waals surface area contributed by atoms with Gasteiger partial charge in [-0.1, -0.05) is 25.5 Å². The maximum absolute atomic E-state index is 12.1. The van der Waals surface area contributed by atoms with E-state index in [0.29, 0.717) is 25.6 Å². The molecule has 1 atom stereocenters. The second-order valence-electron chi connectivity index (χ2n) is 5.99. The molecule has 1 heterocycles. The molecule has 0 aromatic carbocycles. The Morgan fingerprint density at radius 3 is 2.57 bits per heavy atom. The summed E-state index contributed by atoms with van der Waals surface area (Å²) >= 11 is 0. The first-order valence-corrected chi connectivity index (χ1v) is 9.43. The molecule has 0 spiro atoms. The van der Waals surface area contributed by atoms with E-state index >= 15 is 0 Å². The minimum atomic E-state index is -3.31. The fourth-order valence-electron chi connectivity index (χ4n) is 2.67. The molecule has 0 aromatic heterocycles. The zero-order valence-corrected chi connectivity index (χ0v) is 14.7. The highest BCUT2D eigenvalue weighted by atomic mass is 32.2. The largest absolute Gasteiger partial charge is 0.299 e. The first kappa shape index (κ1) is 18.6. The fourth-order valence-corrected chi connectivity index (χ4v) is 3.98. The lowest BCUT2D eigenvalue weighted by Gasteiger charge is -2.32. The summed E-state index contributed by atoms with van der Waals surface area (Å²) in [5, 5.41) is 0. The van der Waals surface area contributed by atoms with Gasteiger partial charge in [0, 0.05) is 32.7 Å². The van der Waals surface area contributed by atoms with Crippen LogP contribution in [0.4, 0.5) is 0 Å². The zero-order valence-electron chi connectivity index (χ0n) is 13.9. The van der Waals surface area contributed by atoms with Crippen LogP contribution in [0, 0.1) is 5.92 Å². The van der Waals surface area contributed by atoms with E-state index in [1.807, 2.05) is 13.8 Å². The first-order valence-electron chi connectivity index (χ1n) is 7.99. The van der Waals surface area contributed by atoms with E-state index in [1.165, 1.54) is 9.88 Å². The molecular formula is C15H31N3O2S. The third-order valence-electron chi connectivity index (χ3n) is 3.96. The summed E-state index contributed by atoms with van der Waals surface area (Å²) in [6.45, 7) is 12.6. The maximum Gasteiger partial charge on any atom is 0.279 e. The summed E-state index contributed by atoms with van der Waals surface area (Å²) in [6, 6.07) is 0. The van der Waals surface area contributed by atoms with Gasteiger partial charge in [-0.3, -0.25) is 4.90 Å². The van der Waals surface area contributed by atoms with E-state index in [2.05, 4.69) is 29.5 Å². The van der Waals surface area contributed by atoms with Crippen LogP contribution < -0.4 is 4.72 Å². The lowest BCUT2D eigenvalue weighted by Crippen LogP contribution is -2.45. The van der Waals surface area contributed by atoms with Gasteiger partial charge in [0.2, 0.25) is 0 Å². The Bertz CT molecular complexity index is 426. The number of rotatable bonds is 8. The molecule has 0 radical (unpaired) electrons. The molecule has 0 amide bonds. The van der Waals surface area contributed by atoms with Crippen LogP contribution in [0.5, 0.6) is 0 Å². The number of hydrogen-bond donors (Lipinski definition) is 1. The van der Waals surface area contributed by atoms with Crippen LogP contribution in [0.25, 0.3) is 0 Å². The van der Waals surface area contributed by atoms with Crippen molar-refractivity contribution in [2.75, 3.05) is 39.3 Å². The van der Waals surface area contributed by atoms with Gasteiger partial charge in [0.05, 0.1) is 0 Å². The Hall–Kier alpha value is -0.430. The molecule has 1 aliphatic heterocycles. The van der Waals surface area contributed by atoms with E-state index in [9.17, 15) is 8.42 Å². The molecule has 1 fully saturated rings. The molecule has 1 aliphatic rings. The summed E-state index contributed by atoms with van der Waals surface area (Å²) in [6.07, 6.45) is 4.49. The third kappa shape index (κ3) is 6.46. The van der Waals surface area contributed by atoms with E-state index < -0.39 is 10.2 Å². The lowest BCUT2D eigenvalue weighted by molar-refractivity contribution is 0.191. The van der Waals surface area contributed by atoms with Gasteiger partial charge < -0.3 is 0 Å². The van der Waals surface area contributed by atoms with Crippen LogP contribution in [0.15, 0.2) is 11.6 Å². The molecule has 124 valence electrons. The van der Waals surface area contributed by atoms with Crippen LogP contribution in [-0.4, -0.2) is 56.9 Å². The molecule has 0 aliphatic carbocycles. The Balaban J connectivity index is 2.46. The van der Waals surface area contributed by atoms with Crippen molar-refractivity contribution < 1.29 is 8.42 Å². The summed E-state index contributed by atoms with van der Waals surface area (Å²) in [4.78, 5) is 2.41. The van der Waals surface area contributed by atoms with Gasteiger partial charge in [0.1, 0.15) is 0 Å². The van der Waals surface area contributed by atoms with Gasteiger partial charge in [0.15, 0.2) is 0 Å². The van der Waals surface area contributed by atoms with Crippen molar-refractivity contribution in [1.29, 1.82) is 0 Å². The number of allylic oxidation sites excluding steroid dienone is 1. The smallest absolute Gasteiger partial charge is 0.279 e. The Labute approximate surface area is 130 Å². The standard InChI is InChI=1S/C15H31N3O2S/c1-5-18(6-2)21(19,20)16-12-15-8-7-10-17(13-15)11-9-14(3)4/h9,15-16H,5-8,10-13H2,1-4H3. The normalized spacial score (nSPS) is 20.7. The number of nitrogens with zero attached hydrogens (tertiary/aromatic N) is 2. The Kier molecular flexibility index (Phi) is 7.87. The highest BCUT2D eigenvalue weighted by molar-refractivity contribution is 7.87. The third-order valence-corrected chi connectivity index (χ3v) is 5.69. The summed E-state index contributed by atoms with van der Waals surface area (Å²) in [7, 11) is -3.31. The van der Waals surface area contributed by atoms with E-state index in [0.717, 1.165) is 32.5 Å². The number of hydrogen-bond acceptors (Lipinski definition) is 3. The van der Waals surface area contributed by atoms with Crippen LogP contribution in [-0.2, 0) is 10.2 Å². The molecule has 1 N–H and O–H groups in total. The van der Waals surface area contributed by atoms with E-state index in [-0.39, 0.29) is 0 Å². The van der Waals surface area contributed by atoms with Crippen LogP contribution >= 0.6 is 0 Å². The molecule has 0 bridgehead atoms. The predicted molar refractivity (Wildman–Crippen MR) is 88.4 cm³/mol. The van der Waals surface area contributed by atoms with Crippen molar-refractivity contribution in [3.05, 3.63) is 11.6 Å². The maximum atomic E-state index is 12.1. The summed E-state index contributed by atoms with van der Waals surface area (Å²) in [5.74, 6) is 0.412. The highest BCUT2D eigenvalue weighted by Crippen LogP contribution is 2.16.